The number of benzene rings is 1. The van der Waals surface area contributed by atoms with Gasteiger partial charge in [0.05, 0.1) is 12.6 Å². The van der Waals surface area contributed by atoms with Gasteiger partial charge in [-0.25, -0.2) is 4.39 Å². The summed E-state index contributed by atoms with van der Waals surface area (Å²) >= 11 is 0. The van der Waals surface area contributed by atoms with E-state index in [0.717, 1.165) is 0 Å². The van der Waals surface area contributed by atoms with Crippen molar-refractivity contribution in [3.05, 3.63) is 29.1 Å². The van der Waals surface area contributed by atoms with Gasteiger partial charge in [0.1, 0.15) is 5.82 Å². The summed E-state index contributed by atoms with van der Waals surface area (Å²) in [6, 6.07) is 2.98. The molecule has 0 spiro atoms. The normalized spacial score (nSPS) is 12.2. The predicted octanol–water partition coefficient (Wildman–Crippen LogP) is 1.71. The number of hydrogen-bond donors (Lipinski definition) is 1. The van der Waals surface area contributed by atoms with Crippen molar-refractivity contribution in [2.75, 3.05) is 32.6 Å². The van der Waals surface area contributed by atoms with Crippen molar-refractivity contribution in [3.8, 4) is 0 Å². The summed E-state index contributed by atoms with van der Waals surface area (Å²) in [6.07, 6.45) is -0.790. The molecule has 0 saturated heterocycles. The van der Waals surface area contributed by atoms with Gasteiger partial charge in [-0.15, -0.1) is 0 Å². The maximum atomic E-state index is 13.6. The number of nitrogens with zero attached hydrogens (tertiary/aromatic N) is 2. The zero-order chi connectivity index (χ0) is 14.7. The monoisotopic (exact) mass is 268 g/mol. The second-order valence-corrected chi connectivity index (χ2v) is 4.98. The van der Waals surface area contributed by atoms with Crippen molar-refractivity contribution in [2.24, 2.45) is 0 Å². The third-order valence-corrected chi connectivity index (χ3v) is 3.04. The number of carbonyl (C=O) groups is 1. The van der Waals surface area contributed by atoms with E-state index in [1.54, 1.807) is 46.0 Å². The smallest absolute Gasteiger partial charge is 0.241 e. The van der Waals surface area contributed by atoms with Crippen molar-refractivity contribution in [1.82, 2.24) is 4.90 Å². The first-order valence-electron chi connectivity index (χ1n) is 6.13. The highest BCUT2D eigenvalue weighted by Gasteiger charge is 2.17. The molecule has 0 aliphatic rings. The molecular formula is C14H21FN2O2. The number of rotatable bonds is 4. The van der Waals surface area contributed by atoms with Gasteiger partial charge in [0.25, 0.3) is 0 Å². The number of likely N-dealkylation sites (N-methyl/N-ethyl adjacent to an activating group) is 2. The molecule has 1 N–H and O–H groups in total. The van der Waals surface area contributed by atoms with Crippen molar-refractivity contribution in [3.63, 3.8) is 0 Å². The summed E-state index contributed by atoms with van der Waals surface area (Å²) in [5.74, 6) is -0.409. The SMILES string of the molecule is Cc1cc(N(C)CC(=O)N(C)C)c([C@H](C)O)cc1F. The van der Waals surface area contributed by atoms with E-state index in [1.165, 1.54) is 11.0 Å². The van der Waals surface area contributed by atoms with Crippen molar-refractivity contribution < 1.29 is 14.3 Å². The summed E-state index contributed by atoms with van der Waals surface area (Å²) in [5.41, 5.74) is 1.64. The maximum absolute atomic E-state index is 13.6. The van der Waals surface area contributed by atoms with Gasteiger partial charge in [0.2, 0.25) is 5.91 Å². The summed E-state index contributed by atoms with van der Waals surface area (Å²) in [7, 11) is 5.11. The Morgan fingerprint density at radius 1 is 1.37 bits per heavy atom. The van der Waals surface area contributed by atoms with Crippen LogP contribution in [0, 0.1) is 12.7 Å². The average Bonchev–Trinajstić information content (AvgIpc) is 2.31. The number of aryl methyl sites for hydroxylation is 1. The van der Waals surface area contributed by atoms with Crippen LogP contribution >= 0.6 is 0 Å². The Bertz CT molecular complexity index is 473. The maximum Gasteiger partial charge on any atom is 0.241 e. The molecule has 0 aliphatic carbocycles. The third kappa shape index (κ3) is 3.67. The lowest BCUT2D eigenvalue weighted by Crippen LogP contribution is -2.34. The zero-order valence-corrected chi connectivity index (χ0v) is 12.1. The van der Waals surface area contributed by atoms with E-state index in [-0.39, 0.29) is 18.3 Å². The van der Waals surface area contributed by atoms with Crippen LogP contribution in [0.1, 0.15) is 24.2 Å². The third-order valence-electron chi connectivity index (χ3n) is 3.04. The Morgan fingerprint density at radius 2 is 1.95 bits per heavy atom. The standard InChI is InChI=1S/C14H21FN2O2/c1-9-6-13(11(10(2)18)7-12(9)15)17(5)8-14(19)16(3)4/h6-7,10,18H,8H2,1-5H3/t10-/m0/s1. The molecule has 0 bridgehead atoms. The minimum Gasteiger partial charge on any atom is -0.389 e. The van der Waals surface area contributed by atoms with Crippen LogP contribution in [-0.2, 0) is 4.79 Å². The van der Waals surface area contributed by atoms with Crippen LogP contribution in [0.3, 0.4) is 0 Å². The molecule has 0 aliphatic heterocycles. The average molecular weight is 268 g/mol. The topological polar surface area (TPSA) is 43.8 Å². The van der Waals surface area contributed by atoms with Crippen molar-refractivity contribution in [1.29, 1.82) is 0 Å². The van der Waals surface area contributed by atoms with Crippen LogP contribution in [0.15, 0.2) is 12.1 Å². The summed E-state index contributed by atoms with van der Waals surface area (Å²) < 4.78 is 13.6. The molecule has 0 fully saturated rings. The van der Waals surface area contributed by atoms with E-state index in [1.807, 2.05) is 0 Å². The first-order chi connectivity index (χ1) is 8.73. The summed E-state index contributed by atoms with van der Waals surface area (Å²) in [6.45, 7) is 3.42. The molecule has 1 atom stereocenters. The first-order valence-corrected chi connectivity index (χ1v) is 6.13. The fraction of sp³-hybridized carbons (Fsp3) is 0.500. The summed E-state index contributed by atoms with van der Waals surface area (Å²) in [4.78, 5) is 14.9. The molecule has 4 nitrogen and oxygen atoms in total. The van der Waals surface area contributed by atoms with Gasteiger partial charge in [-0.05, 0) is 31.5 Å². The second kappa shape index (κ2) is 6.02. The lowest BCUT2D eigenvalue weighted by atomic mass is 10.0. The molecule has 1 aromatic rings. The Labute approximate surface area is 113 Å². The number of aliphatic hydroxyl groups excluding tert-OH is 1. The second-order valence-electron chi connectivity index (χ2n) is 4.98. The van der Waals surface area contributed by atoms with Crippen LogP contribution in [0.5, 0.6) is 0 Å². The highest BCUT2D eigenvalue weighted by molar-refractivity contribution is 5.81. The Balaban J connectivity index is 3.11. The molecule has 5 heteroatoms. The molecule has 1 aromatic carbocycles. The minimum absolute atomic E-state index is 0.0546. The van der Waals surface area contributed by atoms with Gasteiger partial charge < -0.3 is 14.9 Å². The fourth-order valence-corrected chi connectivity index (χ4v) is 1.78. The van der Waals surface area contributed by atoms with Crippen molar-refractivity contribution >= 4 is 11.6 Å². The largest absolute Gasteiger partial charge is 0.389 e. The first kappa shape index (κ1) is 15.4. The van der Waals surface area contributed by atoms with Gasteiger partial charge in [-0.3, -0.25) is 4.79 Å². The van der Waals surface area contributed by atoms with Gasteiger partial charge in [-0.1, -0.05) is 0 Å². The van der Waals surface area contributed by atoms with E-state index in [2.05, 4.69) is 0 Å². The quantitative estimate of drug-likeness (QED) is 0.904. The van der Waals surface area contributed by atoms with E-state index < -0.39 is 6.10 Å². The molecular weight excluding hydrogens is 247 g/mol. The number of carbonyl (C=O) groups excluding carboxylic acids is 1. The molecule has 0 radical (unpaired) electrons. The molecule has 106 valence electrons. The zero-order valence-electron chi connectivity index (χ0n) is 12.1. The molecule has 1 rings (SSSR count). The van der Waals surface area contributed by atoms with Gasteiger partial charge in [0.15, 0.2) is 0 Å². The number of anilines is 1. The highest BCUT2D eigenvalue weighted by atomic mass is 19.1. The van der Waals surface area contributed by atoms with Crippen LogP contribution in [-0.4, -0.2) is 43.6 Å². The fourth-order valence-electron chi connectivity index (χ4n) is 1.78. The summed E-state index contributed by atoms with van der Waals surface area (Å²) in [5, 5.41) is 9.72. The highest BCUT2D eigenvalue weighted by Crippen LogP contribution is 2.28. The minimum atomic E-state index is -0.790. The Hall–Kier alpha value is -1.62. The molecule has 0 saturated carbocycles. The Morgan fingerprint density at radius 3 is 2.42 bits per heavy atom. The number of amides is 1. The van der Waals surface area contributed by atoms with Gasteiger partial charge in [-0.2, -0.15) is 0 Å². The van der Waals surface area contributed by atoms with Crippen molar-refractivity contribution in [2.45, 2.75) is 20.0 Å². The Kier molecular flexibility index (Phi) is 4.89. The van der Waals surface area contributed by atoms with E-state index >= 15 is 0 Å². The number of halogens is 1. The lowest BCUT2D eigenvalue weighted by Gasteiger charge is -2.25. The number of hydrogen-bond acceptors (Lipinski definition) is 3. The predicted molar refractivity (Wildman–Crippen MR) is 73.7 cm³/mol. The molecule has 0 aromatic heterocycles. The molecule has 1 amide bonds. The van der Waals surface area contributed by atoms with Gasteiger partial charge >= 0.3 is 0 Å². The van der Waals surface area contributed by atoms with Gasteiger partial charge in [0, 0.05) is 32.4 Å². The van der Waals surface area contributed by atoms with E-state index in [0.29, 0.717) is 16.8 Å². The van der Waals surface area contributed by atoms with E-state index in [4.69, 9.17) is 0 Å². The van der Waals surface area contributed by atoms with Crippen LogP contribution in [0.25, 0.3) is 0 Å². The lowest BCUT2D eigenvalue weighted by molar-refractivity contribution is -0.127. The van der Waals surface area contributed by atoms with Crippen LogP contribution in [0.2, 0.25) is 0 Å². The number of aliphatic hydroxyl groups is 1. The van der Waals surface area contributed by atoms with Crippen LogP contribution < -0.4 is 4.90 Å². The van der Waals surface area contributed by atoms with Crippen LogP contribution in [0.4, 0.5) is 10.1 Å². The molecule has 19 heavy (non-hydrogen) atoms. The molecule has 0 unspecified atom stereocenters. The van der Waals surface area contributed by atoms with E-state index in [9.17, 15) is 14.3 Å². The molecule has 0 heterocycles.